The number of rotatable bonds is 2. The summed E-state index contributed by atoms with van der Waals surface area (Å²) < 4.78 is 12.4. The van der Waals surface area contributed by atoms with E-state index in [-0.39, 0.29) is 0 Å². The van der Waals surface area contributed by atoms with Gasteiger partial charge in [-0.15, -0.1) is 10.2 Å². The van der Waals surface area contributed by atoms with Gasteiger partial charge in [0.25, 0.3) is 5.89 Å². The predicted octanol–water partition coefficient (Wildman–Crippen LogP) is 4.91. The van der Waals surface area contributed by atoms with Crippen LogP contribution in [0.4, 0.5) is 0 Å². The van der Waals surface area contributed by atoms with Crippen molar-refractivity contribution in [1.29, 1.82) is 0 Å². The van der Waals surface area contributed by atoms with Gasteiger partial charge in [-0.25, -0.2) is 0 Å². The maximum atomic E-state index is 5.72. The Hall–Kier alpha value is -2.40. The molecule has 0 fully saturated rings. The number of nitrogens with zero attached hydrogens (tertiary/aromatic N) is 2. The summed E-state index contributed by atoms with van der Waals surface area (Å²) in [5, 5.41) is 9.15. The molecule has 0 spiro atoms. The fourth-order valence-corrected chi connectivity index (χ4v) is 2.55. The summed E-state index contributed by atoms with van der Waals surface area (Å²) in [5.41, 5.74) is 1.66. The Kier molecular flexibility index (Phi) is 2.86. The van der Waals surface area contributed by atoms with Crippen LogP contribution in [0.5, 0.6) is 0 Å². The van der Waals surface area contributed by atoms with Gasteiger partial charge in [0.15, 0.2) is 5.76 Å². The summed E-state index contributed by atoms with van der Waals surface area (Å²) in [6, 6.07) is 17.4. The first-order chi connectivity index (χ1) is 10.3. The number of halogens is 1. The van der Waals surface area contributed by atoms with Gasteiger partial charge in [0.2, 0.25) is 5.89 Å². The van der Waals surface area contributed by atoms with Crippen LogP contribution >= 0.6 is 15.9 Å². The van der Waals surface area contributed by atoms with Crippen LogP contribution in [0.1, 0.15) is 0 Å². The van der Waals surface area contributed by atoms with Gasteiger partial charge in [-0.05, 0) is 30.3 Å². The number of fused-ring (bicyclic) bond motifs is 1. The molecule has 4 rings (SSSR count). The summed E-state index contributed by atoms with van der Waals surface area (Å²) in [6.07, 6.45) is 0. The molecule has 2 aromatic heterocycles. The SMILES string of the molecule is Brc1cccc(-c2nnc(-c3cc4ccccc4o3)o2)c1. The molecule has 0 N–H and O–H groups in total. The van der Waals surface area contributed by atoms with Gasteiger partial charge < -0.3 is 8.83 Å². The van der Waals surface area contributed by atoms with E-state index in [1.165, 1.54) is 0 Å². The Morgan fingerprint density at radius 1 is 0.810 bits per heavy atom. The summed E-state index contributed by atoms with van der Waals surface area (Å²) >= 11 is 3.43. The molecule has 5 heteroatoms. The zero-order valence-corrected chi connectivity index (χ0v) is 12.4. The van der Waals surface area contributed by atoms with Crippen LogP contribution in [0.2, 0.25) is 0 Å². The molecule has 0 aliphatic heterocycles. The molecule has 0 bridgehead atoms. The fraction of sp³-hybridized carbons (Fsp3) is 0. The Morgan fingerprint density at radius 2 is 1.67 bits per heavy atom. The average molecular weight is 341 g/mol. The maximum Gasteiger partial charge on any atom is 0.283 e. The molecule has 0 saturated carbocycles. The minimum Gasteiger partial charge on any atom is -0.451 e. The van der Waals surface area contributed by atoms with Crippen molar-refractivity contribution in [2.24, 2.45) is 0 Å². The molecular weight excluding hydrogens is 332 g/mol. The second kappa shape index (κ2) is 4.86. The van der Waals surface area contributed by atoms with Gasteiger partial charge in [0.1, 0.15) is 5.58 Å². The molecule has 102 valence electrons. The van der Waals surface area contributed by atoms with Crippen molar-refractivity contribution in [2.75, 3.05) is 0 Å². The van der Waals surface area contributed by atoms with E-state index in [4.69, 9.17) is 8.83 Å². The third-order valence-electron chi connectivity index (χ3n) is 3.13. The average Bonchev–Trinajstić information content (AvgIpc) is 3.14. The minimum atomic E-state index is 0.376. The van der Waals surface area contributed by atoms with Crippen LogP contribution in [-0.4, -0.2) is 10.2 Å². The number of furan rings is 1. The van der Waals surface area contributed by atoms with E-state index in [1.807, 2.05) is 54.6 Å². The molecule has 0 saturated heterocycles. The van der Waals surface area contributed by atoms with Crippen LogP contribution in [0.15, 0.2) is 67.9 Å². The zero-order chi connectivity index (χ0) is 14.2. The lowest BCUT2D eigenvalue weighted by Gasteiger charge is -1.94. The number of hydrogen-bond donors (Lipinski definition) is 0. The first-order valence-corrected chi connectivity index (χ1v) is 7.17. The lowest BCUT2D eigenvalue weighted by Crippen LogP contribution is -1.76. The molecule has 0 aliphatic rings. The Morgan fingerprint density at radius 3 is 2.52 bits per heavy atom. The Balaban J connectivity index is 1.77. The number of para-hydroxylation sites is 1. The highest BCUT2D eigenvalue weighted by Gasteiger charge is 2.14. The Labute approximate surface area is 128 Å². The highest BCUT2D eigenvalue weighted by molar-refractivity contribution is 9.10. The van der Waals surface area contributed by atoms with Crippen LogP contribution in [-0.2, 0) is 0 Å². The second-order valence-corrected chi connectivity index (χ2v) is 5.49. The molecule has 0 radical (unpaired) electrons. The maximum absolute atomic E-state index is 5.72. The van der Waals surface area contributed by atoms with Crippen molar-refractivity contribution in [3.63, 3.8) is 0 Å². The van der Waals surface area contributed by atoms with E-state index < -0.39 is 0 Å². The molecule has 0 aliphatic carbocycles. The van der Waals surface area contributed by atoms with Crippen molar-refractivity contribution in [3.8, 4) is 23.1 Å². The van der Waals surface area contributed by atoms with Crippen molar-refractivity contribution in [3.05, 3.63) is 59.1 Å². The first kappa shape index (κ1) is 12.3. The van der Waals surface area contributed by atoms with Crippen LogP contribution < -0.4 is 0 Å². The molecule has 0 atom stereocenters. The highest BCUT2D eigenvalue weighted by Crippen LogP contribution is 2.29. The largest absolute Gasteiger partial charge is 0.451 e. The van der Waals surface area contributed by atoms with Crippen LogP contribution in [0, 0.1) is 0 Å². The molecular formula is C16H9BrN2O2. The summed E-state index contributed by atoms with van der Waals surface area (Å²) in [5.74, 6) is 1.41. The van der Waals surface area contributed by atoms with Crippen molar-refractivity contribution < 1.29 is 8.83 Å². The molecule has 0 unspecified atom stereocenters. The second-order valence-electron chi connectivity index (χ2n) is 4.57. The zero-order valence-electron chi connectivity index (χ0n) is 10.8. The summed E-state index contributed by atoms with van der Waals surface area (Å²) in [4.78, 5) is 0. The summed E-state index contributed by atoms with van der Waals surface area (Å²) in [6.45, 7) is 0. The Bertz CT molecular complexity index is 894. The molecule has 21 heavy (non-hydrogen) atoms. The van der Waals surface area contributed by atoms with Gasteiger partial charge in [0.05, 0.1) is 0 Å². The van der Waals surface area contributed by atoms with E-state index in [2.05, 4.69) is 26.1 Å². The lowest BCUT2D eigenvalue weighted by molar-refractivity contribution is 0.542. The number of hydrogen-bond acceptors (Lipinski definition) is 4. The topological polar surface area (TPSA) is 52.1 Å². The minimum absolute atomic E-state index is 0.376. The van der Waals surface area contributed by atoms with Crippen LogP contribution in [0.25, 0.3) is 34.1 Å². The van der Waals surface area contributed by atoms with Gasteiger partial charge in [0, 0.05) is 15.4 Å². The normalized spacial score (nSPS) is 11.1. The van der Waals surface area contributed by atoms with E-state index in [1.54, 1.807) is 0 Å². The summed E-state index contributed by atoms with van der Waals surface area (Å²) in [7, 11) is 0. The van der Waals surface area contributed by atoms with Gasteiger partial charge in [-0.2, -0.15) is 0 Å². The molecule has 4 nitrogen and oxygen atoms in total. The first-order valence-electron chi connectivity index (χ1n) is 6.38. The van der Waals surface area contributed by atoms with E-state index in [9.17, 15) is 0 Å². The smallest absolute Gasteiger partial charge is 0.283 e. The van der Waals surface area contributed by atoms with Gasteiger partial charge in [-0.3, -0.25) is 0 Å². The van der Waals surface area contributed by atoms with Crippen molar-refractivity contribution in [1.82, 2.24) is 10.2 Å². The fourth-order valence-electron chi connectivity index (χ4n) is 2.15. The lowest BCUT2D eigenvalue weighted by atomic mass is 10.2. The quantitative estimate of drug-likeness (QED) is 0.520. The van der Waals surface area contributed by atoms with Gasteiger partial charge in [-0.1, -0.05) is 40.2 Å². The van der Waals surface area contributed by atoms with Crippen molar-refractivity contribution in [2.45, 2.75) is 0 Å². The standard InChI is InChI=1S/C16H9BrN2O2/c17-12-6-3-5-11(8-12)15-18-19-16(21-15)14-9-10-4-1-2-7-13(10)20-14/h1-9H. The number of aromatic nitrogens is 2. The number of benzene rings is 2. The third kappa shape index (κ3) is 2.25. The molecule has 4 aromatic rings. The third-order valence-corrected chi connectivity index (χ3v) is 3.63. The van der Waals surface area contributed by atoms with E-state index in [0.29, 0.717) is 17.5 Å². The molecule has 0 amide bonds. The van der Waals surface area contributed by atoms with E-state index >= 15 is 0 Å². The van der Waals surface area contributed by atoms with Crippen LogP contribution in [0.3, 0.4) is 0 Å². The van der Waals surface area contributed by atoms with Crippen molar-refractivity contribution >= 4 is 26.9 Å². The van der Waals surface area contributed by atoms with Gasteiger partial charge >= 0.3 is 0 Å². The van der Waals surface area contributed by atoms with E-state index in [0.717, 1.165) is 21.0 Å². The monoisotopic (exact) mass is 340 g/mol. The molecule has 2 aromatic carbocycles. The highest BCUT2D eigenvalue weighted by atomic mass is 79.9. The predicted molar refractivity (Wildman–Crippen MR) is 82.6 cm³/mol. The molecule has 2 heterocycles.